The van der Waals surface area contributed by atoms with Crippen LogP contribution in [0.4, 0.5) is 0 Å². The molecule has 1 aliphatic rings. The number of hydrogen-bond donors (Lipinski definition) is 2. The molecule has 0 spiro atoms. The molecule has 1 saturated carbocycles. The zero-order chi connectivity index (χ0) is 14.4. The Hall–Kier alpha value is -0.570. The topological polar surface area (TPSA) is 46.2 Å². The molecular formula is C16H24ClNO. The minimum absolute atomic E-state index is 0.0512. The number of benzene rings is 1. The summed E-state index contributed by atoms with van der Waals surface area (Å²) in [5, 5.41) is 11.4. The number of rotatable bonds is 4. The van der Waals surface area contributed by atoms with Gasteiger partial charge in [0.15, 0.2) is 0 Å². The number of aliphatic hydroxyl groups excluding tert-OH is 1. The van der Waals surface area contributed by atoms with Crippen molar-refractivity contribution in [3.63, 3.8) is 0 Å². The van der Waals surface area contributed by atoms with Crippen LogP contribution in [0.15, 0.2) is 24.3 Å². The first kappa shape index (κ1) is 14.8. The summed E-state index contributed by atoms with van der Waals surface area (Å²) in [6, 6.07) is 7.66. The van der Waals surface area contributed by atoms with E-state index < -0.39 is 6.10 Å². The van der Waals surface area contributed by atoms with Gasteiger partial charge in [-0.05, 0) is 34.4 Å². The molecule has 0 aromatic heterocycles. The average Bonchev–Trinajstić information content (AvgIpc) is 2.70. The first-order valence-electron chi connectivity index (χ1n) is 6.87. The maximum Gasteiger partial charge on any atom is 0.0659 e. The van der Waals surface area contributed by atoms with Gasteiger partial charge in [0.25, 0.3) is 0 Å². The van der Waals surface area contributed by atoms with Crippen LogP contribution in [-0.4, -0.2) is 17.8 Å². The van der Waals surface area contributed by atoms with E-state index in [1.54, 1.807) is 0 Å². The minimum atomic E-state index is -0.423. The standard InChI is InChI=1S/C16H24ClNO/c1-15(2)14(16(15,3)4)13(19)12(9-18)10-6-5-7-11(17)8-10/h5-8,12-14,19H,9,18H2,1-4H3. The lowest BCUT2D eigenvalue weighted by Crippen LogP contribution is -2.29. The summed E-state index contributed by atoms with van der Waals surface area (Å²) in [4.78, 5) is 0. The quantitative estimate of drug-likeness (QED) is 0.888. The predicted octanol–water partition coefficient (Wildman–Crippen LogP) is 3.43. The lowest BCUT2D eigenvalue weighted by Gasteiger charge is -2.24. The third-order valence-electron chi connectivity index (χ3n) is 5.42. The van der Waals surface area contributed by atoms with Gasteiger partial charge in [0.05, 0.1) is 6.10 Å². The number of hydrogen-bond acceptors (Lipinski definition) is 2. The summed E-state index contributed by atoms with van der Waals surface area (Å²) in [5.74, 6) is 0.220. The smallest absolute Gasteiger partial charge is 0.0659 e. The highest BCUT2D eigenvalue weighted by molar-refractivity contribution is 6.30. The molecule has 1 fully saturated rings. The van der Waals surface area contributed by atoms with Crippen LogP contribution in [0.25, 0.3) is 0 Å². The summed E-state index contributed by atoms with van der Waals surface area (Å²) in [6.07, 6.45) is -0.423. The van der Waals surface area contributed by atoms with Crippen molar-refractivity contribution in [2.75, 3.05) is 6.54 Å². The van der Waals surface area contributed by atoms with Gasteiger partial charge in [0, 0.05) is 17.5 Å². The molecule has 0 aliphatic heterocycles. The van der Waals surface area contributed by atoms with Crippen LogP contribution in [0.1, 0.15) is 39.2 Å². The summed E-state index contributed by atoms with van der Waals surface area (Å²) in [7, 11) is 0. The molecule has 0 saturated heterocycles. The fraction of sp³-hybridized carbons (Fsp3) is 0.625. The second-order valence-electron chi connectivity index (χ2n) is 6.81. The van der Waals surface area contributed by atoms with E-state index in [-0.39, 0.29) is 22.7 Å². The Labute approximate surface area is 121 Å². The van der Waals surface area contributed by atoms with E-state index in [2.05, 4.69) is 27.7 Å². The van der Waals surface area contributed by atoms with Crippen LogP contribution >= 0.6 is 11.6 Å². The number of halogens is 1. The van der Waals surface area contributed by atoms with Gasteiger partial charge in [0.1, 0.15) is 0 Å². The highest BCUT2D eigenvalue weighted by atomic mass is 35.5. The van der Waals surface area contributed by atoms with Crippen LogP contribution in [0.3, 0.4) is 0 Å². The highest BCUT2D eigenvalue weighted by Crippen LogP contribution is 2.70. The van der Waals surface area contributed by atoms with Gasteiger partial charge in [-0.25, -0.2) is 0 Å². The molecule has 3 N–H and O–H groups in total. The molecule has 19 heavy (non-hydrogen) atoms. The van der Waals surface area contributed by atoms with E-state index in [9.17, 15) is 5.11 Å². The molecule has 0 radical (unpaired) electrons. The normalized spacial score (nSPS) is 23.9. The van der Waals surface area contributed by atoms with Crippen molar-refractivity contribution in [1.29, 1.82) is 0 Å². The molecule has 1 aliphatic carbocycles. The highest BCUT2D eigenvalue weighted by Gasteiger charge is 2.67. The monoisotopic (exact) mass is 281 g/mol. The fourth-order valence-electron chi connectivity index (χ4n) is 3.54. The van der Waals surface area contributed by atoms with Crippen molar-refractivity contribution >= 4 is 11.6 Å². The fourth-order valence-corrected chi connectivity index (χ4v) is 3.74. The molecule has 2 atom stereocenters. The Balaban J connectivity index is 2.25. The molecule has 0 heterocycles. The van der Waals surface area contributed by atoms with E-state index >= 15 is 0 Å². The van der Waals surface area contributed by atoms with Crippen LogP contribution in [0.5, 0.6) is 0 Å². The maximum atomic E-state index is 10.7. The summed E-state index contributed by atoms with van der Waals surface area (Å²) in [5.41, 5.74) is 7.23. The number of aliphatic hydroxyl groups is 1. The second-order valence-corrected chi connectivity index (χ2v) is 7.25. The molecule has 2 rings (SSSR count). The van der Waals surface area contributed by atoms with Gasteiger partial charge < -0.3 is 10.8 Å². The molecule has 1 aromatic rings. The van der Waals surface area contributed by atoms with E-state index in [1.807, 2.05) is 24.3 Å². The Kier molecular flexibility index (Phi) is 3.72. The summed E-state index contributed by atoms with van der Waals surface area (Å²) >= 11 is 6.04. The van der Waals surface area contributed by atoms with Gasteiger partial charge >= 0.3 is 0 Å². The van der Waals surface area contributed by atoms with Crippen LogP contribution in [0, 0.1) is 16.7 Å². The van der Waals surface area contributed by atoms with E-state index in [0.29, 0.717) is 11.6 Å². The maximum absolute atomic E-state index is 10.7. The Morgan fingerprint density at radius 1 is 1.26 bits per heavy atom. The predicted molar refractivity (Wildman–Crippen MR) is 80.3 cm³/mol. The summed E-state index contributed by atoms with van der Waals surface area (Å²) < 4.78 is 0. The lowest BCUT2D eigenvalue weighted by molar-refractivity contribution is 0.102. The SMILES string of the molecule is CC1(C)C(C(O)C(CN)c2cccc(Cl)c2)C1(C)C. The molecule has 2 unspecified atom stereocenters. The van der Waals surface area contributed by atoms with E-state index in [1.165, 1.54) is 0 Å². The lowest BCUT2D eigenvalue weighted by atomic mass is 9.88. The van der Waals surface area contributed by atoms with Gasteiger partial charge in [-0.1, -0.05) is 51.4 Å². The van der Waals surface area contributed by atoms with E-state index in [0.717, 1.165) is 5.56 Å². The molecule has 0 bridgehead atoms. The van der Waals surface area contributed by atoms with Crippen molar-refractivity contribution in [1.82, 2.24) is 0 Å². The van der Waals surface area contributed by atoms with Crippen LogP contribution < -0.4 is 5.73 Å². The van der Waals surface area contributed by atoms with Crippen molar-refractivity contribution in [3.05, 3.63) is 34.9 Å². The number of nitrogens with two attached hydrogens (primary N) is 1. The molecule has 0 amide bonds. The molecular weight excluding hydrogens is 258 g/mol. The molecule has 2 nitrogen and oxygen atoms in total. The molecule has 3 heteroatoms. The van der Waals surface area contributed by atoms with Crippen LogP contribution in [-0.2, 0) is 0 Å². The van der Waals surface area contributed by atoms with Gasteiger partial charge in [-0.2, -0.15) is 0 Å². The Morgan fingerprint density at radius 2 is 1.84 bits per heavy atom. The van der Waals surface area contributed by atoms with Gasteiger partial charge in [0.2, 0.25) is 0 Å². The van der Waals surface area contributed by atoms with E-state index in [4.69, 9.17) is 17.3 Å². The van der Waals surface area contributed by atoms with Crippen molar-refractivity contribution in [3.8, 4) is 0 Å². The van der Waals surface area contributed by atoms with Crippen molar-refractivity contribution < 1.29 is 5.11 Å². The molecule has 1 aromatic carbocycles. The zero-order valence-electron chi connectivity index (χ0n) is 12.2. The first-order chi connectivity index (χ1) is 8.73. The van der Waals surface area contributed by atoms with Gasteiger partial charge in [-0.15, -0.1) is 0 Å². The Morgan fingerprint density at radius 3 is 2.26 bits per heavy atom. The zero-order valence-corrected chi connectivity index (χ0v) is 12.9. The second kappa shape index (κ2) is 4.76. The first-order valence-corrected chi connectivity index (χ1v) is 7.25. The van der Waals surface area contributed by atoms with Gasteiger partial charge in [-0.3, -0.25) is 0 Å². The largest absolute Gasteiger partial charge is 0.392 e. The van der Waals surface area contributed by atoms with Crippen LogP contribution in [0.2, 0.25) is 5.02 Å². The molecule has 106 valence electrons. The van der Waals surface area contributed by atoms with Crippen molar-refractivity contribution in [2.45, 2.75) is 39.7 Å². The third kappa shape index (κ3) is 2.31. The Bertz CT molecular complexity index is 456. The summed E-state index contributed by atoms with van der Waals surface area (Å²) in [6.45, 7) is 9.29. The van der Waals surface area contributed by atoms with Crippen molar-refractivity contribution in [2.24, 2.45) is 22.5 Å². The minimum Gasteiger partial charge on any atom is -0.392 e. The average molecular weight is 282 g/mol. The third-order valence-corrected chi connectivity index (χ3v) is 5.65.